The summed E-state index contributed by atoms with van der Waals surface area (Å²) in [5.41, 5.74) is -0.104. The van der Waals surface area contributed by atoms with Crippen LogP contribution in [0.1, 0.15) is 25.3 Å². The van der Waals surface area contributed by atoms with Gasteiger partial charge in [0.2, 0.25) is 5.91 Å². The average Bonchev–Trinajstić information content (AvgIpc) is 2.39. The highest BCUT2D eigenvalue weighted by molar-refractivity contribution is 5.82. The van der Waals surface area contributed by atoms with E-state index in [1.807, 2.05) is 30.3 Å². The molecule has 1 amide bonds. The van der Waals surface area contributed by atoms with Crippen LogP contribution in [0.4, 0.5) is 0 Å². The van der Waals surface area contributed by atoms with Crippen LogP contribution in [0.5, 0.6) is 0 Å². The maximum atomic E-state index is 11.6. The van der Waals surface area contributed by atoms with Gasteiger partial charge in [-0.25, -0.2) is 0 Å². The fourth-order valence-corrected chi connectivity index (χ4v) is 2.19. The summed E-state index contributed by atoms with van der Waals surface area (Å²) in [5, 5.41) is 16.4. The van der Waals surface area contributed by atoms with Gasteiger partial charge in [0, 0.05) is 13.1 Å². The molecule has 18 heavy (non-hydrogen) atoms. The van der Waals surface area contributed by atoms with Gasteiger partial charge in [0.05, 0.1) is 11.6 Å². The lowest BCUT2D eigenvalue weighted by molar-refractivity contribution is -0.124. The number of amides is 1. The molecule has 1 heterocycles. The highest BCUT2D eigenvalue weighted by atomic mass is 16.3. The van der Waals surface area contributed by atoms with E-state index in [-0.39, 0.29) is 11.9 Å². The maximum absolute atomic E-state index is 11.6. The van der Waals surface area contributed by atoms with Crippen molar-refractivity contribution in [2.24, 2.45) is 0 Å². The molecule has 0 aliphatic carbocycles. The molecular formula is C14H20N2O2. The highest BCUT2D eigenvalue weighted by Crippen LogP contribution is 2.19. The molecule has 0 spiro atoms. The monoisotopic (exact) mass is 248 g/mol. The molecule has 2 atom stereocenters. The lowest BCUT2D eigenvalue weighted by atomic mass is 9.95. The van der Waals surface area contributed by atoms with Crippen molar-refractivity contribution in [3.05, 3.63) is 35.9 Å². The van der Waals surface area contributed by atoms with Gasteiger partial charge < -0.3 is 15.7 Å². The van der Waals surface area contributed by atoms with Gasteiger partial charge in [-0.2, -0.15) is 0 Å². The van der Waals surface area contributed by atoms with Gasteiger partial charge in [0.1, 0.15) is 0 Å². The van der Waals surface area contributed by atoms with Crippen LogP contribution in [-0.2, 0) is 10.4 Å². The van der Waals surface area contributed by atoms with E-state index in [4.69, 9.17) is 0 Å². The fourth-order valence-electron chi connectivity index (χ4n) is 2.19. The van der Waals surface area contributed by atoms with Crippen LogP contribution < -0.4 is 10.6 Å². The van der Waals surface area contributed by atoms with Gasteiger partial charge in [-0.1, -0.05) is 30.3 Å². The third-order valence-electron chi connectivity index (χ3n) is 3.37. The largest absolute Gasteiger partial charge is 0.384 e. The molecule has 2 unspecified atom stereocenters. The third-order valence-corrected chi connectivity index (χ3v) is 3.37. The minimum atomic E-state index is -0.959. The number of nitrogens with one attached hydrogen (secondary N) is 2. The molecule has 1 aliphatic rings. The second-order valence-electron chi connectivity index (χ2n) is 5.01. The number of aliphatic hydroxyl groups is 1. The van der Waals surface area contributed by atoms with Gasteiger partial charge in [0.25, 0.3) is 0 Å². The Bertz CT molecular complexity index is 404. The predicted octanol–water partition coefficient (Wildman–Crippen LogP) is 0.762. The lowest BCUT2D eigenvalue weighted by Gasteiger charge is -2.29. The van der Waals surface area contributed by atoms with Crippen LogP contribution in [0.15, 0.2) is 30.3 Å². The summed E-state index contributed by atoms with van der Waals surface area (Å²) in [6.07, 6.45) is 1.81. The molecular weight excluding hydrogens is 228 g/mol. The van der Waals surface area contributed by atoms with E-state index in [1.165, 1.54) is 0 Å². The quantitative estimate of drug-likeness (QED) is 0.737. The van der Waals surface area contributed by atoms with E-state index in [0.29, 0.717) is 6.54 Å². The number of benzene rings is 1. The molecule has 4 heteroatoms. The standard InChI is InChI=1S/C14H20N2O2/c1-14(18,11-6-3-2-4-7-11)10-16-12-8-5-9-15-13(12)17/h2-4,6-7,12,16,18H,5,8-10H2,1H3,(H,15,17). The third kappa shape index (κ3) is 3.09. The molecule has 1 aromatic rings. The number of rotatable bonds is 4. The minimum absolute atomic E-state index is 0.0325. The van der Waals surface area contributed by atoms with Crippen LogP contribution in [-0.4, -0.2) is 30.1 Å². The summed E-state index contributed by atoms with van der Waals surface area (Å²) >= 11 is 0. The molecule has 1 saturated heterocycles. The summed E-state index contributed by atoms with van der Waals surface area (Å²) in [6, 6.07) is 9.31. The topological polar surface area (TPSA) is 61.4 Å². The van der Waals surface area contributed by atoms with E-state index < -0.39 is 5.60 Å². The van der Waals surface area contributed by atoms with Crippen molar-refractivity contribution in [3.8, 4) is 0 Å². The number of hydrogen-bond acceptors (Lipinski definition) is 3. The fraction of sp³-hybridized carbons (Fsp3) is 0.500. The first-order valence-electron chi connectivity index (χ1n) is 6.38. The average molecular weight is 248 g/mol. The van der Waals surface area contributed by atoms with E-state index >= 15 is 0 Å². The van der Waals surface area contributed by atoms with Crippen molar-refractivity contribution in [2.45, 2.75) is 31.4 Å². The van der Waals surface area contributed by atoms with Gasteiger partial charge in [0.15, 0.2) is 0 Å². The van der Waals surface area contributed by atoms with Gasteiger partial charge in [-0.3, -0.25) is 4.79 Å². The van der Waals surface area contributed by atoms with E-state index in [9.17, 15) is 9.90 Å². The Morgan fingerprint density at radius 1 is 1.44 bits per heavy atom. The smallest absolute Gasteiger partial charge is 0.237 e. The van der Waals surface area contributed by atoms with Crippen LogP contribution in [0.2, 0.25) is 0 Å². The van der Waals surface area contributed by atoms with E-state index in [0.717, 1.165) is 24.9 Å². The second-order valence-corrected chi connectivity index (χ2v) is 5.01. The molecule has 0 bridgehead atoms. The number of carbonyl (C=O) groups excluding carboxylic acids is 1. The minimum Gasteiger partial charge on any atom is -0.384 e. The normalized spacial score (nSPS) is 23.2. The molecule has 2 rings (SSSR count). The first-order chi connectivity index (χ1) is 8.59. The van der Waals surface area contributed by atoms with Crippen LogP contribution in [0.3, 0.4) is 0 Å². The van der Waals surface area contributed by atoms with E-state index in [1.54, 1.807) is 6.92 Å². The Balaban J connectivity index is 1.94. The molecule has 1 aliphatic heterocycles. The molecule has 0 radical (unpaired) electrons. The number of carbonyl (C=O) groups is 1. The lowest BCUT2D eigenvalue weighted by Crippen LogP contribution is -2.51. The second kappa shape index (κ2) is 5.50. The van der Waals surface area contributed by atoms with Gasteiger partial charge in [-0.15, -0.1) is 0 Å². The molecule has 1 fully saturated rings. The van der Waals surface area contributed by atoms with Gasteiger partial charge >= 0.3 is 0 Å². The van der Waals surface area contributed by atoms with Crippen LogP contribution in [0, 0.1) is 0 Å². The first-order valence-corrected chi connectivity index (χ1v) is 6.38. The van der Waals surface area contributed by atoms with Crippen molar-refractivity contribution < 1.29 is 9.90 Å². The summed E-state index contributed by atoms with van der Waals surface area (Å²) in [7, 11) is 0. The highest BCUT2D eigenvalue weighted by Gasteiger charge is 2.27. The van der Waals surface area contributed by atoms with Crippen LogP contribution >= 0.6 is 0 Å². The molecule has 0 aromatic heterocycles. The van der Waals surface area contributed by atoms with E-state index in [2.05, 4.69) is 10.6 Å². The van der Waals surface area contributed by atoms with Crippen LogP contribution in [0.25, 0.3) is 0 Å². The summed E-state index contributed by atoms with van der Waals surface area (Å²) < 4.78 is 0. The Morgan fingerprint density at radius 3 is 2.83 bits per heavy atom. The van der Waals surface area contributed by atoms with Crippen molar-refractivity contribution in [3.63, 3.8) is 0 Å². The number of piperidine rings is 1. The Kier molecular flexibility index (Phi) is 3.99. The summed E-state index contributed by atoms with van der Waals surface area (Å²) in [5.74, 6) is 0.0325. The molecule has 0 saturated carbocycles. The molecule has 4 nitrogen and oxygen atoms in total. The van der Waals surface area contributed by atoms with Crippen molar-refractivity contribution in [1.82, 2.24) is 10.6 Å². The number of hydrogen-bond donors (Lipinski definition) is 3. The Morgan fingerprint density at radius 2 is 2.17 bits per heavy atom. The Labute approximate surface area is 107 Å². The van der Waals surface area contributed by atoms with Crippen molar-refractivity contribution in [1.29, 1.82) is 0 Å². The van der Waals surface area contributed by atoms with Gasteiger partial charge in [-0.05, 0) is 25.3 Å². The molecule has 1 aromatic carbocycles. The summed E-state index contributed by atoms with van der Waals surface area (Å²) in [6.45, 7) is 2.89. The molecule has 3 N–H and O–H groups in total. The zero-order chi connectivity index (χ0) is 13.0. The predicted molar refractivity (Wildman–Crippen MR) is 70.0 cm³/mol. The summed E-state index contributed by atoms with van der Waals surface area (Å²) in [4.78, 5) is 11.6. The SMILES string of the molecule is CC(O)(CNC1CCCNC1=O)c1ccccc1. The first kappa shape index (κ1) is 13.1. The zero-order valence-corrected chi connectivity index (χ0v) is 10.6. The Hall–Kier alpha value is -1.39. The maximum Gasteiger partial charge on any atom is 0.237 e. The molecule has 98 valence electrons. The van der Waals surface area contributed by atoms with Crippen molar-refractivity contribution >= 4 is 5.91 Å². The zero-order valence-electron chi connectivity index (χ0n) is 10.6. The van der Waals surface area contributed by atoms with Crippen molar-refractivity contribution in [2.75, 3.05) is 13.1 Å².